The summed E-state index contributed by atoms with van der Waals surface area (Å²) in [7, 11) is -3.31. The van der Waals surface area contributed by atoms with Gasteiger partial charge in [-0.25, -0.2) is 32.1 Å². The second kappa shape index (κ2) is 8.22. The first-order valence-corrected chi connectivity index (χ1v) is 11.9. The Morgan fingerprint density at radius 1 is 1.23 bits per heavy atom. The number of hydrogen-bond donors (Lipinski definition) is 2. The van der Waals surface area contributed by atoms with Crippen LogP contribution in [0.25, 0.3) is 10.6 Å². The molecule has 0 bridgehead atoms. The molecule has 0 spiro atoms. The van der Waals surface area contributed by atoms with Gasteiger partial charge in [0.05, 0.1) is 17.3 Å². The van der Waals surface area contributed by atoms with Gasteiger partial charge in [0, 0.05) is 19.1 Å². The van der Waals surface area contributed by atoms with Crippen LogP contribution in [0.15, 0.2) is 6.20 Å². The predicted octanol–water partition coefficient (Wildman–Crippen LogP) is 2.82. The summed E-state index contributed by atoms with van der Waals surface area (Å²) in [5.74, 6) is -1.14. The Bertz CT molecular complexity index is 1060. The van der Waals surface area contributed by atoms with Crippen molar-refractivity contribution in [1.82, 2.24) is 19.3 Å². The number of piperidine rings is 1. The first kappa shape index (κ1) is 23.8. The number of nitrogens with one attached hydrogen (secondary N) is 1. The van der Waals surface area contributed by atoms with E-state index >= 15 is 0 Å². The molecule has 2 N–H and O–H groups in total. The molecular formula is C17H21F4N5O3S2. The summed E-state index contributed by atoms with van der Waals surface area (Å²) in [6.45, 7) is 3.10. The average Bonchev–Trinajstić information content (AvgIpc) is 3.09. The summed E-state index contributed by atoms with van der Waals surface area (Å²) in [5.41, 5.74) is -3.56. The fourth-order valence-corrected chi connectivity index (χ4v) is 5.00. The third-order valence-electron chi connectivity index (χ3n) is 4.63. The first-order chi connectivity index (χ1) is 14.2. The molecule has 1 aliphatic heterocycles. The highest BCUT2D eigenvalue weighted by atomic mass is 32.2. The van der Waals surface area contributed by atoms with Crippen molar-refractivity contribution in [1.29, 1.82) is 0 Å². The summed E-state index contributed by atoms with van der Waals surface area (Å²) in [4.78, 5) is 10.7. The van der Waals surface area contributed by atoms with Crippen LogP contribution in [-0.4, -0.2) is 58.2 Å². The maximum absolute atomic E-state index is 14.4. The van der Waals surface area contributed by atoms with Gasteiger partial charge in [0.25, 0.3) is 0 Å². The molecule has 3 heterocycles. The van der Waals surface area contributed by atoms with Crippen LogP contribution >= 0.6 is 11.3 Å². The van der Waals surface area contributed by atoms with Crippen LogP contribution < -0.4 is 5.32 Å². The van der Waals surface area contributed by atoms with E-state index in [0.29, 0.717) is 24.2 Å². The average molecular weight is 484 g/mol. The smallest absolute Gasteiger partial charge is 0.383 e. The van der Waals surface area contributed by atoms with E-state index in [4.69, 9.17) is 0 Å². The van der Waals surface area contributed by atoms with Gasteiger partial charge in [-0.05, 0) is 26.7 Å². The molecule has 3 rings (SSSR count). The molecule has 172 valence electrons. The number of nitrogens with zero attached hydrogens (tertiary/aromatic N) is 4. The lowest BCUT2D eigenvalue weighted by Gasteiger charge is -2.30. The zero-order valence-corrected chi connectivity index (χ0v) is 18.5. The number of hydrogen-bond acceptors (Lipinski definition) is 8. The highest BCUT2D eigenvalue weighted by molar-refractivity contribution is 7.88. The van der Waals surface area contributed by atoms with Gasteiger partial charge < -0.3 is 10.4 Å². The van der Waals surface area contributed by atoms with E-state index < -0.39 is 43.9 Å². The Labute approximate surface area is 180 Å². The lowest BCUT2D eigenvalue weighted by Crippen LogP contribution is -2.42. The minimum absolute atomic E-state index is 0.0828. The number of aromatic nitrogens is 3. The zero-order valence-electron chi connectivity index (χ0n) is 16.9. The zero-order chi connectivity index (χ0) is 23.2. The third kappa shape index (κ3) is 5.48. The minimum Gasteiger partial charge on any atom is -0.383 e. The Kier molecular flexibility index (Phi) is 6.30. The van der Waals surface area contributed by atoms with Crippen LogP contribution in [0, 0.1) is 5.82 Å². The molecule has 2 aromatic heterocycles. The van der Waals surface area contributed by atoms with E-state index in [1.54, 1.807) is 0 Å². The maximum Gasteiger partial charge on any atom is 0.434 e. The predicted molar refractivity (Wildman–Crippen MR) is 106 cm³/mol. The molecule has 8 nitrogen and oxygen atoms in total. The van der Waals surface area contributed by atoms with Gasteiger partial charge in [-0.2, -0.15) is 13.2 Å². The monoisotopic (exact) mass is 483 g/mol. The van der Waals surface area contributed by atoms with E-state index in [9.17, 15) is 31.1 Å². The van der Waals surface area contributed by atoms with Gasteiger partial charge in [0.2, 0.25) is 16.0 Å². The van der Waals surface area contributed by atoms with E-state index in [2.05, 4.69) is 20.3 Å². The SMILES string of the molecule is CC(C)(O)c1nc(C(F)(F)F)c(-c2nc(NC3CCN(S(C)(=O)=O)CC3)ncc2F)s1. The molecule has 0 atom stereocenters. The molecule has 1 aliphatic rings. The van der Waals surface area contributed by atoms with Gasteiger partial charge in [0.1, 0.15) is 16.3 Å². The van der Waals surface area contributed by atoms with Crippen LogP contribution in [0.5, 0.6) is 0 Å². The van der Waals surface area contributed by atoms with E-state index in [-0.39, 0.29) is 30.1 Å². The van der Waals surface area contributed by atoms with Gasteiger partial charge in [0.15, 0.2) is 11.5 Å². The molecule has 0 unspecified atom stereocenters. The summed E-state index contributed by atoms with van der Waals surface area (Å²) in [6.07, 6.45) is -2.13. The fourth-order valence-electron chi connectivity index (χ4n) is 3.04. The Balaban J connectivity index is 1.90. The maximum atomic E-state index is 14.4. The molecule has 0 saturated carbocycles. The number of anilines is 1. The number of sulfonamides is 1. The van der Waals surface area contributed by atoms with E-state index in [1.165, 1.54) is 18.2 Å². The lowest BCUT2D eigenvalue weighted by atomic mass is 10.1. The molecular weight excluding hydrogens is 462 g/mol. The molecule has 14 heteroatoms. The minimum atomic E-state index is -4.88. The second-order valence-corrected chi connectivity index (χ2v) is 10.7. The van der Waals surface area contributed by atoms with Crippen molar-refractivity contribution < 1.29 is 31.1 Å². The van der Waals surface area contributed by atoms with Crippen molar-refractivity contribution in [3.05, 3.63) is 22.7 Å². The summed E-state index contributed by atoms with van der Waals surface area (Å²) in [5, 5.41) is 12.8. The molecule has 2 aromatic rings. The van der Waals surface area contributed by atoms with Gasteiger partial charge in [-0.15, -0.1) is 11.3 Å². The number of rotatable bonds is 5. The topological polar surface area (TPSA) is 108 Å². The molecule has 0 aliphatic carbocycles. The van der Waals surface area contributed by atoms with Crippen LogP contribution in [0.3, 0.4) is 0 Å². The van der Waals surface area contributed by atoms with E-state index in [1.807, 2.05) is 0 Å². The first-order valence-electron chi connectivity index (χ1n) is 9.21. The molecule has 1 fully saturated rings. The number of aliphatic hydroxyl groups is 1. The lowest BCUT2D eigenvalue weighted by molar-refractivity contribution is -0.140. The normalized spacial score (nSPS) is 17.2. The van der Waals surface area contributed by atoms with Crippen LogP contribution in [0.2, 0.25) is 0 Å². The van der Waals surface area contributed by atoms with Crippen molar-refractivity contribution in [2.45, 2.75) is 44.5 Å². The second-order valence-electron chi connectivity index (χ2n) is 7.72. The Morgan fingerprint density at radius 2 is 1.84 bits per heavy atom. The van der Waals surface area contributed by atoms with Crippen molar-refractivity contribution in [3.8, 4) is 10.6 Å². The largest absolute Gasteiger partial charge is 0.434 e. The Hall–Kier alpha value is -1.90. The molecule has 0 amide bonds. The van der Waals surface area contributed by atoms with Crippen molar-refractivity contribution >= 4 is 27.3 Å². The number of alkyl halides is 3. The van der Waals surface area contributed by atoms with Crippen LogP contribution in [-0.2, 0) is 21.8 Å². The van der Waals surface area contributed by atoms with Crippen LogP contribution in [0.1, 0.15) is 37.4 Å². The molecule has 0 radical (unpaired) electrons. The summed E-state index contributed by atoms with van der Waals surface area (Å²) < 4.78 is 79.4. The highest BCUT2D eigenvalue weighted by Crippen LogP contribution is 2.42. The molecule has 31 heavy (non-hydrogen) atoms. The Morgan fingerprint density at radius 3 is 2.35 bits per heavy atom. The van der Waals surface area contributed by atoms with Gasteiger partial charge in [-0.3, -0.25) is 0 Å². The standard InChI is InChI=1S/C17H21F4N5O3S2/c1-16(2,27)14-25-13(17(19,20)21)12(30-14)11-10(18)8-22-15(24-11)23-9-4-6-26(7-5-9)31(3,28)29/h8-9,27H,4-7H2,1-3H3,(H,22,23,24). The van der Waals surface area contributed by atoms with E-state index in [0.717, 1.165) is 12.5 Å². The number of thiazole rings is 1. The third-order valence-corrected chi connectivity index (χ3v) is 7.31. The fraction of sp³-hybridized carbons (Fsp3) is 0.588. The summed E-state index contributed by atoms with van der Waals surface area (Å²) >= 11 is 0.506. The molecule has 1 saturated heterocycles. The van der Waals surface area contributed by atoms with Gasteiger partial charge >= 0.3 is 6.18 Å². The van der Waals surface area contributed by atoms with Crippen molar-refractivity contribution in [2.75, 3.05) is 24.7 Å². The van der Waals surface area contributed by atoms with Crippen LogP contribution in [0.4, 0.5) is 23.5 Å². The number of halogens is 4. The highest BCUT2D eigenvalue weighted by Gasteiger charge is 2.41. The van der Waals surface area contributed by atoms with Gasteiger partial charge in [-0.1, -0.05) is 0 Å². The quantitative estimate of drug-likeness (QED) is 0.630. The van der Waals surface area contributed by atoms with Crippen molar-refractivity contribution in [2.24, 2.45) is 0 Å². The summed E-state index contributed by atoms with van der Waals surface area (Å²) in [6, 6.07) is -0.230. The molecule has 0 aromatic carbocycles. The van der Waals surface area contributed by atoms with Crippen molar-refractivity contribution in [3.63, 3.8) is 0 Å².